The Morgan fingerprint density at radius 1 is 1.04 bits per heavy atom. The first kappa shape index (κ1) is 18.5. The lowest BCUT2D eigenvalue weighted by Crippen LogP contribution is -2.38. The molecular weight excluding hydrogens is 330 g/mol. The van der Waals surface area contributed by atoms with E-state index in [-0.39, 0.29) is 0 Å². The molecule has 0 bridgehead atoms. The SMILES string of the molecule is COc1cc(CNNc2ccccc2)ccc1OCCN1CCOCC1. The fraction of sp³-hybridized carbons (Fsp3) is 0.400. The van der Waals surface area contributed by atoms with E-state index < -0.39 is 0 Å². The van der Waals surface area contributed by atoms with Gasteiger partial charge >= 0.3 is 0 Å². The maximum Gasteiger partial charge on any atom is 0.161 e. The van der Waals surface area contributed by atoms with Gasteiger partial charge in [0.25, 0.3) is 0 Å². The van der Waals surface area contributed by atoms with Gasteiger partial charge in [-0.15, -0.1) is 0 Å². The minimum Gasteiger partial charge on any atom is -0.493 e. The van der Waals surface area contributed by atoms with E-state index in [9.17, 15) is 0 Å². The van der Waals surface area contributed by atoms with Gasteiger partial charge in [0, 0.05) is 31.9 Å². The predicted octanol–water partition coefficient (Wildman–Crippen LogP) is 2.52. The second-order valence-electron chi connectivity index (χ2n) is 6.13. The molecule has 0 unspecified atom stereocenters. The monoisotopic (exact) mass is 357 g/mol. The standard InChI is InChI=1S/C20H27N3O3/c1-24-20-15-17(16-21-22-18-5-3-2-4-6-18)7-8-19(20)26-14-11-23-9-12-25-13-10-23/h2-8,15,21-22H,9-14,16H2,1H3. The van der Waals surface area contributed by atoms with Crippen molar-refractivity contribution in [1.82, 2.24) is 10.3 Å². The van der Waals surface area contributed by atoms with Gasteiger partial charge in [-0.25, -0.2) is 5.43 Å². The van der Waals surface area contributed by atoms with Gasteiger partial charge in [0.05, 0.1) is 20.3 Å². The second-order valence-corrected chi connectivity index (χ2v) is 6.13. The van der Waals surface area contributed by atoms with E-state index in [0.717, 1.165) is 55.6 Å². The molecular formula is C20H27N3O3. The topological polar surface area (TPSA) is 55.0 Å². The molecule has 0 aliphatic carbocycles. The smallest absolute Gasteiger partial charge is 0.161 e. The molecule has 1 saturated heterocycles. The molecule has 0 atom stereocenters. The molecule has 0 saturated carbocycles. The molecule has 1 fully saturated rings. The number of anilines is 1. The molecule has 0 amide bonds. The highest BCUT2D eigenvalue weighted by molar-refractivity contribution is 5.44. The highest BCUT2D eigenvalue weighted by Crippen LogP contribution is 2.28. The van der Waals surface area contributed by atoms with Gasteiger partial charge in [-0.3, -0.25) is 4.90 Å². The summed E-state index contributed by atoms with van der Waals surface area (Å²) in [5.74, 6) is 1.53. The molecule has 140 valence electrons. The van der Waals surface area contributed by atoms with Crippen LogP contribution in [0.15, 0.2) is 48.5 Å². The third kappa shape index (κ3) is 5.62. The number of ether oxygens (including phenoxy) is 3. The highest BCUT2D eigenvalue weighted by Gasteiger charge is 2.11. The van der Waals surface area contributed by atoms with Crippen molar-refractivity contribution in [3.05, 3.63) is 54.1 Å². The Balaban J connectivity index is 1.47. The highest BCUT2D eigenvalue weighted by atomic mass is 16.5. The van der Waals surface area contributed by atoms with Crippen LogP contribution in [-0.4, -0.2) is 51.5 Å². The van der Waals surface area contributed by atoms with E-state index in [1.54, 1.807) is 7.11 Å². The number of methoxy groups -OCH3 is 1. The predicted molar refractivity (Wildman–Crippen MR) is 103 cm³/mol. The lowest BCUT2D eigenvalue weighted by atomic mass is 10.2. The normalized spacial score (nSPS) is 14.8. The zero-order chi connectivity index (χ0) is 18.0. The van der Waals surface area contributed by atoms with Crippen LogP contribution in [0.3, 0.4) is 0 Å². The fourth-order valence-corrected chi connectivity index (χ4v) is 2.82. The summed E-state index contributed by atoms with van der Waals surface area (Å²) in [5.41, 5.74) is 8.53. The molecule has 2 aromatic carbocycles. The number of hydrogen-bond acceptors (Lipinski definition) is 6. The average Bonchev–Trinajstić information content (AvgIpc) is 2.70. The van der Waals surface area contributed by atoms with E-state index in [0.29, 0.717) is 13.2 Å². The average molecular weight is 357 g/mol. The van der Waals surface area contributed by atoms with Crippen LogP contribution in [0.25, 0.3) is 0 Å². The quantitative estimate of drug-likeness (QED) is 0.673. The Kier molecular flexibility index (Phi) is 7.13. The van der Waals surface area contributed by atoms with Crippen LogP contribution in [0.5, 0.6) is 11.5 Å². The zero-order valence-corrected chi connectivity index (χ0v) is 15.2. The van der Waals surface area contributed by atoms with E-state index >= 15 is 0 Å². The Morgan fingerprint density at radius 2 is 1.85 bits per heavy atom. The molecule has 1 aliphatic heterocycles. The van der Waals surface area contributed by atoms with Gasteiger partial charge in [-0.1, -0.05) is 24.3 Å². The lowest BCUT2D eigenvalue weighted by Gasteiger charge is -2.26. The van der Waals surface area contributed by atoms with Gasteiger partial charge in [-0.05, 0) is 29.8 Å². The van der Waals surface area contributed by atoms with Crippen LogP contribution in [-0.2, 0) is 11.3 Å². The summed E-state index contributed by atoms with van der Waals surface area (Å²) >= 11 is 0. The number of benzene rings is 2. The van der Waals surface area contributed by atoms with E-state index in [4.69, 9.17) is 14.2 Å². The Hall–Kier alpha value is -2.28. The second kappa shape index (κ2) is 10.0. The first-order chi connectivity index (χ1) is 12.8. The lowest BCUT2D eigenvalue weighted by molar-refractivity contribution is 0.0321. The van der Waals surface area contributed by atoms with Gasteiger partial charge < -0.3 is 19.6 Å². The van der Waals surface area contributed by atoms with Crippen molar-refractivity contribution < 1.29 is 14.2 Å². The Bertz CT molecular complexity index is 661. The van der Waals surface area contributed by atoms with Gasteiger partial charge in [0.2, 0.25) is 0 Å². The van der Waals surface area contributed by atoms with Crippen LogP contribution < -0.4 is 20.3 Å². The number of morpholine rings is 1. The first-order valence-corrected chi connectivity index (χ1v) is 8.99. The number of para-hydroxylation sites is 1. The van der Waals surface area contributed by atoms with Crippen molar-refractivity contribution in [3.8, 4) is 11.5 Å². The molecule has 2 aromatic rings. The largest absolute Gasteiger partial charge is 0.493 e. The molecule has 0 radical (unpaired) electrons. The van der Waals surface area contributed by atoms with Crippen LogP contribution in [0.1, 0.15) is 5.56 Å². The maximum absolute atomic E-state index is 5.92. The van der Waals surface area contributed by atoms with Gasteiger partial charge in [0.1, 0.15) is 6.61 Å². The summed E-state index contributed by atoms with van der Waals surface area (Å²) in [6, 6.07) is 16.0. The Labute approximate surface area is 155 Å². The summed E-state index contributed by atoms with van der Waals surface area (Å²) in [6.07, 6.45) is 0. The van der Waals surface area contributed by atoms with Crippen molar-refractivity contribution in [3.63, 3.8) is 0 Å². The minimum atomic E-state index is 0.642. The number of rotatable bonds is 9. The maximum atomic E-state index is 5.92. The first-order valence-electron chi connectivity index (χ1n) is 8.99. The summed E-state index contributed by atoms with van der Waals surface area (Å²) in [4.78, 5) is 2.35. The third-order valence-corrected chi connectivity index (χ3v) is 4.30. The Morgan fingerprint density at radius 3 is 2.62 bits per heavy atom. The van der Waals surface area contributed by atoms with E-state index in [1.165, 1.54) is 0 Å². The van der Waals surface area contributed by atoms with Crippen molar-refractivity contribution in [2.75, 3.05) is 52.0 Å². The molecule has 0 spiro atoms. The molecule has 3 rings (SSSR count). The van der Waals surface area contributed by atoms with Crippen LogP contribution in [0.2, 0.25) is 0 Å². The summed E-state index contributed by atoms with van der Waals surface area (Å²) < 4.78 is 16.8. The van der Waals surface area contributed by atoms with Crippen molar-refractivity contribution >= 4 is 5.69 Å². The van der Waals surface area contributed by atoms with Crippen molar-refractivity contribution in [1.29, 1.82) is 0 Å². The van der Waals surface area contributed by atoms with Crippen molar-refractivity contribution in [2.45, 2.75) is 6.54 Å². The molecule has 6 heteroatoms. The molecule has 2 N–H and O–H groups in total. The molecule has 1 aliphatic rings. The van der Waals surface area contributed by atoms with Crippen molar-refractivity contribution in [2.24, 2.45) is 0 Å². The van der Waals surface area contributed by atoms with Gasteiger partial charge in [0.15, 0.2) is 11.5 Å². The zero-order valence-electron chi connectivity index (χ0n) is 15.2. The molecule has 6 nitrogen and oxygen atoms in total. The van der Waals surface area contributed by atoms with Crippen LogP contribution in [0.4, 0.5) is 5.69 Å². The molecule has 0 aromatic heterocycles. The van der Waals surface area contributed by atoms with Crippen LogP contribution in [0, 0.1) is 0 Å². The number of hydrogen-bond donors (Lipinski definition) is 2. The molecule has 26 heavy (non-hydrogen) atoms. The number of nitrogens with one attached hydrogen (secondary N) is 2. The number of nitrogens with zero attached hydrogens (tertiary/aromatic N) is 1. The van der Waals surface area contributed by atoms with E-state index in [1.807, 2.05) is 48.5 Å². The summed E-state index contributed by atoms with van der Waals surface area (Å²) in [5, 5.41) is 0. The van der Waals surface area contributed by atoms with Crippen LogP contribution >= 0.6 is 0 Å². The summed E-state index contributed by atoms with van der Waals surface area (Å²) in [7, 11) is 1.67. The van der Waals surface area contributed by atoms with Gasteiger partial charge in [-0.2, -0.15) is 0 Å². The number of hydrazine groups is 1. The minimum absolute atomic E-state index is 0.642. The third-order valence-electron chi connectivity index (χ3n) is 4.30. The fourth-order valence-electron chi connectivity index (χ4n) is 2.82. The molecule has 1 heterocycles. The summed E-state index contributed by atoms with van der Waals surface area (Å²) in [6.45, 7) is 5.78. The van der Waals surface area contributed by atoms with E-state index in [2.05, 4.69) is 15.8 Å².